The first kappa shape index (κ1) is 12.3. The molecule has 1 heterocycles. The molecule has 18 heavy (non-hydrogen) atoms. The molecule has 2 rings (SSSR count). The summed E-state index contributed by atoms with van der Waals surface area (Å²) in [6.07, 6.45) is -0.572. The van der Waals surface area contributed by atoms with Crippen LogP contribution in [0.25, 0.3) is 0 Å². The molecule has 5 nitrogen and oxygen atoms in total. The summed E-state index contributed by atoms with van der Waals surface area (Å²) in [6.45, 7) is 1.42. The first-order chi connectivity index (χ1) is 8.58. The van der Waals surface area contributed by atoms with Gasteiger partial charge in [-0.1, -0.05) is 6.07 Å². The number of amides is 1. The van der Waals surface area contributed by atoms with Crippen LogP contribution in [0.3, 0.4) is 0 Å². The molecule has 1 aromatic rings. The topological polar surface area (TPSA) is 55.8 Å². The van der Waals surface area contributed by atoms with Gasteiger partial charge in [0.15, 0.2) is 0 Å². The number of anilines is 1. The van der Waals surface area contributed by atoms with Crippen LogP contribution in [0.2, 0.25) is 0 Å². The zero-order chi connectivity index (χ0) is 13.1. The lowest BCUT2D eigenvalue weighted by atomic mass is 10.2. The van der Waals surface area contributed by atoms with E-state index in [-0.39, 0.29) is 13.2 Å². The average molecular weight is 253 g/mol. The molecule has 1 saturated heterocycles. The molecule has 0 spiro atoms. The highest BCUT2D eigenvalue weighted by molar-refractivity contribution is 5.90. The minimum absolute atomic E-state index is 0.0254. The number of nitrogens with zero attached hydrogens (tertiary/aromatic N) is 1. The van der Waals surface area contributed by atoms with Gasteiger partial charge in [-0.15, -0.1) is 0 Å². The summed E-state index contributed by atoms with van der Waals surface area (Å²) in [6, 6.07) is 5.18. The van der Waals surface area contributed by atoms with E-state index in [1.54, 1.807) is 6.07 Å². The van der Waals surface area contributed by atoms with Gasteiger partial charge in [0.05, 0.1) is 5.69 Å². The van der Waals surface area contributed by atoms with Crippen LogP contribution >= 0.6 is 0 Å². The van der Waals surface area contributed by atoms with Crippen molar-refractivity contribution >= 4 is 17.7 Å². The number of esters is 1. The second-order valence-corrected chi connectivity index (χ2v) is 3.88. The Morgan fingerprint density at radius 2 is 2.39 bits per heavy atom. The lowest BCUT2D eigenvalue weighted by molar-refractivity contribution is -0.141. The number of carbonyl (C=O) groups is 2. The summed E-state index contributed by atoms with van der Waals surface area (Å²) < 4.78 is 22.9. The molecule has 1 unspecified atom stereocenters. The number of carbonyl (C=O) groups excluding carboxylic acids is 2. The van der Waals surface area contributed by atoms with Gasteiger partial charge >= 0.3 is 12.1 Å². The maximum atomic E-state index is 13.1. The SMILES string of the molecule is CC(=O)OCC1COC(=O)N1c1cccc(F)c1. The van der Waals surface area contributed by atoms with E-state index in [1.165, 1.54) is 30.0 Å². The molecule has 96 valence electrons. The van der Waals surface area contributed by atoms with E-state index in [0.717, 1.165) is 0 Å². The number of benzene rings is 1. The predicted molar refractivity (Wildman–Crippen MR) is 60.6 cm³/mol. The fourth-order valence-electron chi connectivity index (χ4n) is 1.74. The summed E-state index contributed by atoms with van der Waals surface area (Å²) >= 11 is 0. The van der Waals surface area contributed by atoms with Gasteiger partial charge in [-0.05, 0) is 18.2 Å². The molecule has 6 heteroatoms. The normalized spacial score (nSPS) is 18.7. The monoisotopic (exact) mass is 253 g/mol. The van der Waals surface area contributed by atoms with Gasteiger partial charge < -0.3 is 9.47 Å². The van der Waals surface area contributed by atoms with Crippen molar-refractivity contribution in [3.05, 3.63) is 30.1 Å². The Morgan fingerprint density at radius 1 is 1.61 bits per heavy atom. The first-order valence-electron chi connectivity index (χ1n) is 5.43. The van der Waals surface area contributed by atoms with Crippen LogP contribution in [-0.2, 0) is 14.3 Å². The third-order valence-electron chi connectivity index (χ3n) is 2.53. The summed E-state index contributed by atoms with van der Waals surface area (Å²) in [5.74, 6) is -0.882. The third-order valence-corrected chi connectivity index (χ3v) is 2.53. The Bertz CT molecular complexity index is 477. The molecule has 1 amide bonds. The Morgan fingerprint density at radius 3 is 3.06 bits per heavy atom. The van der Waals surface area contributed by atoms with Gasteiger partial charge in [-0.3, -0.25) is 9.69 Å². The molecule has 0 radical (unpaired) electrons. The Kier molecular flexibility index (Phi) is 3.45. The molecule has 0 saturated carbocycles. The number of hydrogen-bond donors (Lipinski definition) is 0. The van der Waals surface area contributed by atoms with E-state index >= 15 is 0 Å². The highest BCUT2D eigenvalue weighted by atomic mass is 19.1. The minimum atomic E-state index is -0.572. The van der Waals surface area contributed by atoms with Crippen molar-refractivity contribution in [1.82, 2.24) is 0 Å². The lowest BCUT2D eigenvalue weighted by Crippen LogP contribution is -2.37. The summed E-state index contributed by atoms with van der Waals surface area (Å²) in [5, 5.41) is 0. The smallest absolute Gasteiger partial charge is 0.414 e. The molecular weight excluding hydrogens is 241 g/mol. The van der Waals surface area contributed by atoms with Crippen molar-refractivity contribution in [3.63, 3.8) is 0 Å². The Balaban J connectivity index is 2.17. The van der Waals surface area contributed by atoms with Gasteiger partial charge in [0.1, 0.15) is 25.1 Å². The van der Waals surface area contributed by atoms with E-state index in [4.69, 9.17) is 9.47 Å². The van der Waals surface area contributed by atoms with Crippen LogP contribution in [0, 0.1) is 5.82 Å². The van der Waals surface area contributed by atoms with E-state index in [9.17, 15) is 14.0 Å². The van der Waals surface area contributed by atoms with Crippen molar-refractivity contribution in [1.29, 1.82) is 0 Å². The number of hydrogen-bond acceptors (Lipinski definition) is 4. The fourth-order valence-corrected chi connectivity index (χ4v) is 1.74. The zero-order valence-electron chi connectivity index (χ0n) is 9.76. The summed E-state index contributed by atoms with van der Waals surface area (Å²) in [4.78, 5) is 23.6. The van der Waals surface area contributed by atoms with Crippen molar-refractivity contribution in [3.8, 4) is 0 Å². The highest BCUT2D eigenvalue weighted by Gasteiger charge is 2.35. The number of rotatable bonds is 3. The van der Waals surface area contributed by atoms with Crippen molar-refractivity contribution in [2.45, 2.75) is 13.0 Å². The molecule has 1 atom stereocenters. The molecule has 0 N–H and O–H groups in total. The molecule has 1 aliphatic heterocycles. The maximum absolute atomic E-state index is 13.1. The van der Waals surface area contributed by atoms with Crippen LogP contribution in [0.5, 0.6) is 0 Å². The molecule has 1 aliphatic rings. The maximum Gasteiger partial charge on any atom is 0.414 e. The summed E-state index contributed by atoms with van der Waals surface area (Å²) in [7, 11) is 0. The molecule has 1 aromatic carbocycles. The molecular formula is C12H12FNO4. The first-order valence-corrected chi connectivity index (χ1v) is 5.43. The van der Waals surface area contributed by atoms with Crippen molar-refractivity contribution < 1.29 is 23.5 Å². The third kappa shape index (κ3) is 2.58. The molecule has 0 bridgehead atoms. The average Bonchev–Trinajstić information content (AvgIpc) is 2.68. The molecule has 0 aromatic heterocycles. The van der Waals surface area contributed by atoms with Crippen LogP contribution in [0.15, 0.2) is 24.3 Å². The number of halogens is 1. The van der Waals surface area contributed by atoms with Gasteiger partial charge in [0.2, 0.25) is 0 Å². The second kappa shape index (κ2) is 5.03. The number of cyclic esters (lactones) is 1. The Hall–Kier alpha value is -2.11. The van der Waals surface area contributed by atoms with Crippen LogP contribution in [0.4, 0.5) is 14.9 Å². The van der Waals surface area contributed by atoms with E-state index < -0.39 is 23.9 Å². The second-order valence-electron chi connectivity index (χ2n) is 3.88. The van der Waals surface area contributed by atoms with Crippen LogP contribution in [-0.4, -0.2) is 31.3 Å². The van der Waals surface area contributed by atoms with E-state index in [0.29, 0.717) is 5.69 Å². The highest BCUT2D eigenvalue weighted by Crippen LogP contribution is 2.23. The molecule has 0 aliphatic carbocycles. The van der Waals surface area contributed by atoms with Crippen LogP contribution in [0.1, 0.15) is 6.92 Å². The molecule has 1 fully saturated rings. The van der Waals surface area contributed by atoms with Gasteiger partial charge in [0, 0.05) is 6.92 Å². The predicted octanol–water partition coefficient (Wildman–Crippen LogP) is 1.71. The minimum Gasteiger partial charge on any atom is -0.464 e. The summed E-state index contributed by atoms with van der Waals surface area (Å²) in [5.41, 5.74) is 0.384. The van der Waals surface area contributed by atoms with Gasteiger partial charge in [0.25, 0.3) is 0 Å². The lowest BCUT2D eigenvalue weighted by Gasteiger charge is -2.20. The quantitative estimate of drug-likeness (QED) is 0.769. The van der Waals surface area contributed by atoms with E-state index in [2.05, 4.69) is 0 Å². The number of ether oxygens (including phenoxy) is 2. The Labute approximate surface area is 103 Å². The van der Waals surface area contributed by atoms with E-state index in [1.807, 2.05) is 0 Å². The standard InChI is InChI=1S/C12H12FNO4/c1-8(15)17-6-11-7-18-12(16)14(11)10-4-2-3-9(13)5-10/h2-5,11H,6-7H2,1H3. The fraction of sp³-hybridized carbons (Fsp3) is 0.333. The van der Waals surface area contributed by atoms with Crippen molar-refractivity contribution in [2.24, 2.45) is 0 Å². The van der Waals surface area contributed by atoms with Crippen LogP contribution < -0.4 is 4.90 Å². The van der Waals surface area contributed by atoms with Crippen molar-refractivity contribution in [2.75, 3.05) is 18.1 Å². The van der Waals surface area contributed by atoms with Gasteiger partial charge in [-0.2, -0.15) is 0 Å². The largest absolute Gasteiger partial charge is 0.464 e. The van der Waals surface area contributed by atoms with Gasteiger partial charge in [-0.25, -0.2) is 9.18 Å². The zero-order valence-corrected chi connectivity index (χ0v) is 9.76.